The number of anilines is 3. The van der Waals surface area contributed by atoms with E-state index in [9.17, 15) is 4.79 Å². The van der Waals surface area contributed by atoms with Crippen molar-refractivity contribution in [1.29, 1.82) is 5.41 Å². The Labute approximate surface area is 252 Å². The summed E-state index contributed by atoms with van der Waals surface area (Å²) in [6, 6.07) is 10.0. The molecule has 2 N–H and O–H groups in total. The Morgan fingerprint density at radius 3 is 2.98 bits per heavy atom. The molecule has 0 aliphatic carbocycles. The SMILES string of the molecule is C=C/C(=C\C=NC=N)Oc1ccc(Nc2ncnc3cc4c(cc23)N2CCCC(CCC(=O)/C=C/C)[C@H](CO4)C2)cc1C. The van der Waals surface area contributed by atoms with Crippen LogP contribution in [0.2, 0.25) is 0 Å². The lowest BCUT2D eigenvalue weighted by Crippen LogP contribution is -2.31. The number of hydrogen-bond donors (Lipinski definition) is 2. The van der Waals surface area contributed by atoms with Gasteiger partial charge < -0.3 is 19.7 Å². The van der Waals surface area contributed by atoms with Crippen molar-refractivity contribution in [2.75, 3.05) is 29.9 Å². The minimum Gasteiger partial charge on any atom is -0.491 e. The Morgan fingerprint density at radius 1 is 1.30 bits per heavy atom. The van der Waals surface area contributed by atoms with E-state index in [4.69, 9.17) is 14.9 Å². The number of aryl methyl sites for hydroxylation is 1. The van der Waals surface area contributed by atoms with Crippen LogP contribution in [0.1, 0.15) is 38.2 Å². The van der Waals surface area contributed by atoms with E-state index in [0.29, 0.717) is 42.2 Å². The van der Waals surface area contributed by atoms with Crippen LogP contribution in [0.15, 0.2) is 78.3 Å². The third kappa shape index (κ3) is 7.17. The van der Waals surface area contributed by atoms with E-state index in [0.717, 1.165) is 72.3 Å². The summed E-state index contributed by atoms with van der Waals surface area (Å²) in [6.45, 7) is 10.1. The maximum Gasteiger partial charge on any atom is 0.155 e. The van der Waals surface area contributed by atoms with Gasteiger partial charge in [-0.05, 0) is 87.1 Å². The molecule has 2 bridgehead atoms. The quantitative estimate of drug-likeness (QED) is 0.0831. The lowest BCUT2D eigenvalue weighted by molar-refractivity contribution is -0.115. The lowest BCUT2D eigenvalue weighted by Gasteiger charge is -2.26. The number of rotatable bonds is 11. The molecule has 9 nitrogen and oxygen atoms in total. The molecule has 0 amide bonds. The normalized spacial score (nSPS) is 18.6. The van der Waals surface area contributed by atoms with E-state index in [-0.39, 0.29) is 5.78 Å². The molecular formula is C34H38N6O3. The summed E-state index contributed by atoms with van der Waals surface area (Å²) in [4.78, 5) is 27.5. The first-order valence-corrected chi connectivity index (χ1v) is 14.7. The van der Waals surface area contributed by atoms with Gasteiger partial charge in [-0.1, -0.05) is 12.7 Å². The van der Waals surface area contributed by atoms with Crippen LogP contribution < -0.4 is 19.7 Å². The molecule has 3 aromatic rings. The molecule has 43 heavy (non-hydrogen) atoms. The molecule has 2 atom stereocenters. The zero-order valence-corrected chi connectivity index (χ0v) is 24.8. The van der Waals surface area contributed by atoms with Gasteiger partial charge in [-0.3, -0.25) is 10.2 Å². The van der Waals surface area contributed by atoms with Crippen LogP contribution in [-0.2, 0) is 4.79 Å². The summed E-state index contributed by atoms with van der Waals surface area (Å²) in [5.74, 6) is 3.81. The lowest BCUT2D eigenvalue weighted by atomic mass is 9.85. The Bertz CT molecular complexity index is 1590. The van der Waals surface area contributed by atoms with Crippen molar-refractivity contribution in [3.05, 3.63) is 78.9 Å². The first-order valence-electron chi connectivity index (χ1n) is 14.7. The molecule has 1 saturated heterocycles. The Balaban J connectivity index is 1.36. The van der Waals surface area contributed by atoms with Crippen LogP contribution in [0.25, 0.3) is 10.9 Å². The van der Waals surface area contributed by atoms with Crippen LogP contribution in [0.4, 0.5) is 17.2 Å². The summed E-state index contributed by atoms with van der Waals surface area (Å²) < 4.78 is 12.4. The highest BCUT2D eigenvalue weighted by Crippen LogP contribution is 2.41. The number of nitrogens with zero attached hydrogens (tertiary/aromatic N) is 4. The number of hydrogen-bond acceptors (Lipinski definition) is 8. The van der Waals surface area contributed by atoms with E-state index in [1.165, 1.54) is 6.21 Å². The predicted octanol–water partition coefficient (Wildman–Crippen LogP) is 6.96. The zero-order chi connectivity index (χ0) is 30.2. The fourth-order valence-corrected chi connectivity index (χ4v) is 5.83. The molecular weight excluding hydrogens is 540 g/mol. The number of aromatic nitrogens is 2. The van der Waals surface area contributed by atoms with Gasteiger partial charge in [0.25, 0.3) is 0 Å². The maximum atomic E-state index is 12.2. The molecule has 1 unspecified atom stereocenters. The molecule has 2 aromatic carbocycles. The van der Waals surface area contributed by atoms with Crippen LogP contribution in [0, 0.1) is 24.2 Å². The van der Waals surface area contributed by atoms with Crippen LogP contribution >= 0.6 is 0 Å². The van der Waals surface area contributed by atoms with E-state index in [1.54, 1.807) is 24.6 Å². The van der Waals surface area contributed by atoms with Gasteiger partial charge in [0.05, 0.1) is 17.8 Å². The largest absolute Gasteiger partial charge is 0.491 e. The second-order valence-electron chi connectivity index (χ2n) is 10.9. The molecule has 5 rings (SSSR count). The second-order valence-corrected chi connectivity index (χ2v) is 10.9. The predicted molar refractivity (Wildman–Crippen MR) is 173 cm³/mol. The molecule has 1 fully saturated rings. The summed E-state index contributed by atoms with van der Waals surface area (Å²) >= 11 is 0. The highest BCUT2D eigenvalue weighted by molar-refractivity contribution is 5.95. The highest BCUT2D eigenvalue weighted by atomic mass is 16.5. The van der Waals surface area contributed by atoms with Crippen molar-refractivity contribution in [2.45, 2.75) is 39.5 Å². The molecule has 2 aliphatic heterocycles. The number of nitrogens with one attached hydrogen (secondary N) is 2. The smallest absolute Gasteiger partial charge is 0.155 e. The monoisotopic (exact) mass is 578 g/mol. The number of ketones is 1. The van der Waals surface area contributed by atoms with Gasteiger partial charge in [0, 0.05) is 48.8 Å². The third-order valence-corrected chi connectivity index (χ3v) is 8.01. The van der Waals surface area contributed by atoms with Crippen molar-refractivity contribution in [3.8, 4) is 11.5 Å². The van der Waals surface area contributed by atoms with Gasteiger partial charge in [0.2, 0.25) is 0 Å². The molecule has 9 heteroatoms. The topological polar surface area (TPSA) is 113 Å². The first kappa shape index (κ1) is 29.7. The summed E-state index contributed by atoms with van der Waals surface area (Å²) in [5.41, 5.74) is 3.67. The summed E-state index contributed by atoms with van der Waals surface area (Å²) in [5, 5.41) is 11.4. The van der Waals surface area contributed by atoms with Gasteiger partial charge in [0.15, 0.2) is 5.78 Å². The number of fused-ring (bicyclic) bond motifs is 5. The number of carbonyl (C=O) groups excluding carboxylic acids is 1. The number of carbonyl (C=O) groups is 1. The average molecular weight is 579 g/mol. The van der Waals surface area contributed by atoms with E-state index < -0.39 is 0 Å². The molecule has 1 aromatic heterocycles. The zero-order valence-electron chi connectivity index (χ0n) is 24.8. The van der Waals surface area contributed by atoms with Crippen molar-refractivity contribution >= 4 is 46.4 Å². The van der Waals surface area contributed by atoms with Crippen LogP contribution in [0.5, 0.6) is 11.5 Å². The molecule has 0 saturated carbocycles. The minimum atomic E-state index is 0.201. The van der Waals surface area contributed by atoms with Gasteiger partial charge >= 0.3 is 0 Å². The number of ether oxygens (including phenoxy) is 2. The molecule has 2 aliphatic rings. The molecule has 0 spiro atoms. The van der Waals surface area contributed by atoms with E-state index in [1.807, 2.05) is 44.2 Å². The number of aliphatic imine (C=N–C) groups is 1. The van der Waals surface area contributed by atoms with Crippen molar-refractivity contribution in [1.82, 2.24) is 9.97 Å². The second kappa shape index (κ2) is 13.9. The van der Waals surface area contributed by atoms with Crippen molar-refractivity contribution in [2.24, 2.45) is 16.8 Å². The van der Waals surface area contributed by atoms with Crippen molar-refractivity contribution in [3.63, 3.8) is 0 Å². The Kier molecular flexibility index (Phi) is 9.61. The van der Waals surface area contributed by atoms with Crippen molar-refractivity contribution < 1.29 is 14.3 Å². The Hall–Kier alpha value is -4.79. The summed E-state index contributed by atoms with van der Waals surface area (Å²) in [6.07, 6.45) is 14.4. The highest BCUT2D eigenvalue weighted by Gasteiger charge is 2.32. The number of benzene rings is 2. The van der Waals surface area contributed by atoms with E-state index >= 15 is 0 Å². The average Bonchev–Trinajstić information content (AvgIpc) is 3.32. The maximum absolute atomic E-state index is 12.2. The minimum absolute atomic E-state index is 0.201. The van der Waals surface area contributed by atoms with Crippen LogP contribution in [-0.4, -0.2) is 48.0 Å². The summed E-state index contributed by atoms with van der Waals surface area (Å²) in [7, 11) is 0. The Morgan fingerprint density at radius 2 is 2.19 bits per heavy atom. The van der Waals surface area contributed by atoms with Gasteiger partial charge in [-0.2, -0.15) is 0 Å². The number of allylic oxidation sites excluding steroid dienone is 4. The van der Waals surface area contributed by atoms with Gasteiger partial charge in [-0.15, -0.1) is 0 Å². The standard InChI is InChI=1S/C34H38N6O3/c1-4-7-27(41)11-9-24-8-6-15-40-19-25(24)20-42-33-18-30-29(17-31(33)40)34(38-22-37-30)39-26-10-12-32(23(3)16-26)43-28(5-2)13-14-36-21-35/h4-5,7,10,12-14,16-18,21-22,24-25,35H,2,6,8-9,11,15,19-20H2,1,3H3,(H,37,38,39)/b7-4+,28-13+,35-21?,36-14?/t24?,25-/m0/s1. The molecule has 222 valence electrons. The van der Waals surface area contributed by atoms with E-state index in [2.05, 4.69) is 37.8 Å². The first-order chi connectivity index (χ1) is 21.0. The van der Waals surface area contributed by atoms with Gasteiger partial charge in [0.1, 0.15) is 35.7 Å². The fourth-order valence-electron chi connectivity index (χ4n) is 5.83. The van der Waals surface area contributed by atoms with Crippen LogP contribution in [0.3, 0.4) is 0 Å². The molecule has 3 heterocycles. The third-order valence-electron chi connectivity index (χ3n) is 8.01. The molecule has 0 radical (unpaired) electrons. The fraction of sp³-hybridized carbons (Fsp3) is 0.324. The van der Waals surface area contributed by atoms with Gasteiger partial charge in [-0.25, -0.2) is 15.0 Å².